The van der Waals surface area contributed by atoms with Gasteiger partial charge in [-0.05, 0) is 61.9 Å². The monoisotopic (exact) mass is 455 g/mol. The molecule has 0 radical (unpaired) electrons. The molecule has 0 atom stereocenters. The summed E-state index contributed by atoms with van der Waals surface area (Å²) in [6.07, 6.45) is -3.08. The number of carbonyl (C=O) groups is 1. The van der Waals surface area contributed by atoms with E-state index in [-0.39, 0.29) is 16.3 Å². The van der Waals surface area contributed by atoms with Crippen LogP contribution in [0.1, 0.15) is 27.0 Å². The number of nitrogens with one attached hydrogen (secondary N) is 1. The summed E-state index contributed by atoms with van der Waals surface area (Å²) in [4.78, 5) is 22.2. The molecular formula is C24H17ClF3N3O. The van der Waals surface area contributed by atoms with Gasteiger partial charge in [0.05, 0.1) is 33.7 Å². The summed E-state index contributed by atoms with van der Waals surface area (Å²) >= 11 is 5.75. The van der Waals surface area contributed by atoms with Gasteiger partial charge in [-0.25, -0.2) is 4.98 Å². The number of hydrogen-bond donors (Lipinski definition) is 1. The number of pyridine rings is 2. The smallest absolute Gasteiger partial charge is 0.321 e. The summed E-state index contributed by atoms with van der Waals surface area (Å²) in [7, 11) is 0. The number of halogens is 4. The maximum Gasteiger partial charge on any atom is 0.418 e. The molecule has 4 aromatic rings. The maximum atomic E-state index is 13.5. The fourth-order valence-electron chi connectivity index (χ4n) is 3.56. The van der Waals surface area contributed by atoms with Crippen molar-refractivity contribution >= 4 is 34.1 Å². The van der Waals surface area contributed by atoms with Crippen LogP contribution in [-0.4, -0.2) is 15.9 Å². The normalized spacial score (nSPS) is 11.6. The van der Waals surface area contributed by atoms with Gasteiger partial charge in [0, 0.05) is 16.6 Å². The van der Waals surface area contributed by atoms with Crippen LogP contribution in [-0.2, 0) is 6.18 Å². The number of alkyl halides is 3. The highest BCUT2D eigenvalue weighted by Crippen LogP contribution is 2.37. The predicted octanol–water partition coefficient (Wildman–Crippen LogP) is 6.84. The van der Waals surface area contributed by atoms with Crippen molar-refractivity contribution in [3.8, 4) is 11.4 Å². The topological polar surface area (TPSA) is 54.9 Å². The van der Waals surface area contributed by atoms with Gasteiger partial charge < -0.3 is 5.32 Å². The molecule has 0 aliphatic heterocycles. The Morgan fingerprint density at radius 2 is 1.78 bits per heavy atom. The highest BCUT2D eigenvalue weighted by Gasteiger charge is 2.34. The quantitative estimate of drug-likeness (QED) is 0.368. The van der Waals surface area contributed by atoms with E-state index in [0.29, 0.717) is 22.3 Å². The lowest BCUT2D eigenvalue weighted by molar-refractivity contribution is -0.136. The van der Waals surface area contributed by atoms with Crippen molar-refractivity contribution in [2.75, 3.05) is 5.32 Å². The predicted molar refractivity (Wildman–Crippen MR) is 119 cm³/mol. The molecule has 1 amide bonds. The van der Waals surface area contributed by atoms with Gasteiger partial charge in [-0.15, -0.1) is 0 Å². The second kappa shape index (κ2) is 8.24. The Labute approximate surface area is 187 Å². The molecule has 0 saturated heterocycles. The number of amides is 1. The number of benzene rings is 2. The van der Waals surface area contributed by atoms with Crippen LogP contribution in [0.25, 0.3) is 22.3 Å². The maximum absolute atomic E-state index is 13.5. The Kier molecular flexibility index (Phi) is 5.60. The molecule has 8 heteroatoms. The summed E-state index contributed by atoms with van der Waals surface area (Å²) in [5.41, 5.74) is 2.12. The molecular weight excluding hydrogens is 439 g/mol. The number of hydrogen-bond acceptors (Lipinski definition) is 3. The van der Waals surface area contributed by atoms with Crippen LogP contribution in [0.15, 0.2) is 60.8 Å². The van der Waals surface area contributed by atoms with Crippen LogP contribution in [0, 0.1) is 13.8 Å². The third-order valence-electron chi connectivity index (χ3n) is 4.96. The molecule has 1 N–H and O–H groups in total. The first-order chi connectivity index (χ1) is 15.1. The summed E-state index contributed by atoms with van der Waals surface area (Å²) < 4.78 is 40.5. The minimum atomic E-state index is -4.68. The Hall–Kier alpha value is -3.45. The molecule has 4 rings (SSSR count). The van der Waals surface area contributed by atoms with Gasteiger partial charge in [-0.1, -0.05) is 29.3 Å². The van der Waals surface area contributed by atoms with Crippen molar-refractivity contribution in [2.24, 2.45) is 0 Å². The van der Waals surface area contributed by atoms with E-state index < -0.39 is 17.6 Å². The molecule has 2 aromatic heterocycles. The van der Waals surface area contributed by atoms with Crippen LogP contribution < -0.4 is 5.32 Å². The van der Waals surface area contributed by atoms with Gasteiger partial charge in [-0.2, -0.15) is 13.2 Å². The molecule has 0 aliphatic carbocycles. The summed E-state index contributed by atoms with van der Waals surface area (Å²) in [6.45, 7) is 3.74. The van der Waals surface area contributed by atoms with Crippen molar-refractivity contribution in [2.45, 2.75) is 20.0 Å². The molecule has 0 aliphatic rings. The van der Waals surface area contributed by atoms with Crippen molar-refractivity contribution in [3.05, 3.63) is 88.1 Å². The zero-order valence-corrected chi connectivity index (χ0v) is 17.8. The van der Waals surface area contributed by atoms with Crippen molar-refractivity contribution in [1.82, 2.24) is 9.97 Å². The molecule has 0 bridgehead atoms. The van der Waals surface area contributed by atoms with Crippen LogP contribution in [0.2, 0.25) is 5.02 Å². The Morgan fingerprint density at radius 1 is 1.00 bits per heavy atom. The van der Waals surface area contributed by atoms with Crippen molar-refractivity contribution in [3.63, 3.8) is 0 Å². The number of rotatable bonds is 3. The lowest BCUT2D eigenvalue weighted by Crippen LogP contribution is -2.17. The van der Waals surface area contributed by atoms with E-state index in [1.807, 2.05) is 19.9 Å². The zero-order valence-electron chi connectivity index (χ0n) is 17.1. The molecule has 2 aromatic carbocycles. The van der Waals surface area contributed by atoms with Gasteiger partial charge in [0.25, 0.3) is 5.91 Å². The minimum absolute atomic E-state index is 0.0756. The van der Waals surface area contributed by atoms with Crippen LogP contribution in [0.5, 0.6) is 0 Å². The average molecular weight is 456 g/mol. The van der Waals surface area contributed by atoms with Gasteiger partial charge in [0.2, 0.25) is 0 Å². The third-order valence-corrected chi connectivity index (χ3v) is 5.19. The molecule has 162 valence electrons. The number of carbonyl (C=O) groups excluding carboxylic acids is 1. The second-order valence-electron chi connectivity index (χ2n) is 7.39. The van der Waals surface area contributed by atoms with Gasteiger partial charge >= 0.3 is 6.18 Å². The first kappa shape index (κ1) is 21.8. The van der Waals surface area contributed by atoms with Gasteiger partial charge in [0.1, 0.15) is 0 Å². The number of aryl methyl sites for hydroxylation is 2. The number of anilines is 1. The van der Waals surface area contributed by atoms with Gasteiger partial charge in [-0.3, -0.25) is 9.78 Å². The van der Waals surface area contributed by atoms with Gasteiger partial charge in [0.15, 0.2) is 0 Å². The van der Waals surface area contributed by atoms with E-state index in [4.69, 9.17) is 11.6 Å². The van der Waals surface area contributed by atoms with E-state index in [1.165, 1.54) is 6.07 Å². The zero-order chi connectivity index (χ0) is 23.0. The van der Waals surface area contributed by atoms with E-state index >= 15 is 0 Å². The van der Waals surface area contributed by atoms with E-state index in [2.05, 4.69) is 15.3 Å². The van der Waals surface area contributed by atoms with E-state index in [1.54, 1.807) is 36.5 Å². The minimum Gasteiger partial charge on any atom is -0.321 e. The molecule has 0 spiro atoms. The van der Waals surface area contributed by atoms with Crippen LogP contribution in [0.4, 0.5) is 18.9 Å². The Morgan fingerprint density at radius 3 is 2.47 bits per heavy atom. The highest BCUT2D eigenvalue weighted by molar-refractivity contribution is 6.30. The Balaban J connectivity index is 1.88. The van der Waals surface area contributed by atoms with Crippen LogP contribution in [0.3, 0.4) is 0 Å². The summed E-state index contributed by atoms with van der Waals surface area (Å²) in [6, 6.07) is 13.8. The average Bonchev–Trinajstić information content (AvgIpc) is 2.74. The molecule has 4 nitrogen and oxygen atoms in total. The van der Waals surface area contributed by atoms with E-state index in [0.717, 1.165) is 23.3 Å². The molecule has 0 unspecified atom stereocenters. The standard InChI is InChI=1S/C24H17ClF3N3O/c1-13-9-14(2)22-16(10-13)17(12-21(30-22)20-5-3-4-8-29-20)23(32)31-19-7-6-15(25)11-18(19)24(26,27)28/h3-12H,1-2H3,(H,31,32). The second-order valence-corrected chi connectivity index (χ2v) is 7.83. The summed E-state index contributed by atoms with van der Waals surface area (Å²) in [5, 5.41) is 2.87. The SMILES string of the molecule is Cc1cc(C)c2nc(-c3ccccn3)cc(C(=O)Nc3ccc(Cl)cc3C(F)(F)F)c2c1. The number of aromatic nitrogens is 2. The third kappa shape index (κ3) is 4.29. The molecule has 0 saturated carbocycles. The van der Waals surface area contributed by atoms with Crippen LogP contribution >= 0.6 is 11.6 Å². The summed E-state index contributed by atoms with van der Waals surface area (Å²) in [5.74, 6) is -0.688. The molecule has 0 fully saturated rings. The lowest BCUT2D eigenvalue weighted by Gasteiger charge is -2.16. The fourth-order valence-corrected chi connectivity index (χ4v) is 3.74. The number of fused-ring (bicyclic) bond motifs is 1. The lowest BCUT2D eigenvalue weighted by atomic mass is 10.00. The fraction of sp³-hybridized carbons (Fsp3) is 0.125. The first-order valence-corrected chi connectivity index (χ1v) is 10.0. The van der Waals surface area contributed by atoms with E-state index in [9.17, 15) is 18.0 Å². The molecule has 2 heterocycles. The van der Waals surface area contributed by atoms with Crippen molar-refractivity contribution in [1.29, 1.82) is 0 Å². The highest BCUT2D eigenvalue weighted by atomic mass is 35.5. The largest absolute Gasteiger partial charge is 0.418 e. The first-order valence-electron chi connectivity index (χ1n) is 9.65. The number of nitrogens with zero attached hydrogens (tertiary/aromatic N) is 2. The molecule has 32 heavy (non-hydrogen) atoms. The van der Waals surface area contributed by atoms with Crippen molar-refractivity contribution < 1.29 is 18.0 Å². The Bertz CT molecular complexity index is 1340.